The van der Waals surface area contributed by atoms with Crippen LogP contribution in [0.5, 0.6) is 5.75 Å². The lowest BCUT2D eigenvalue weighted by Crippen LogP contribution is -2.40. The fraction of sp³-hybridized carbons (Fsp3) is 0.222. The second-order valence-electron chi connectivity index (χ2n) is 5.73. The monoisotopic (exact) mass is 357 g/mol. The van der Waals surface area contributed by atoms with Gasteiger partial charge in [0.2, 0.25) is 5.91 Å². The number of rotatable bonds is 5. The zero-order chi connectivity index (χ0) is 18.7. The highest BCUT2D eigenvalue weighted by Crippen LogP contribution is 2.33. The highest BCUT2D eigenvalue weighted by Gasteiger charge is 2.26. The maximum atomic E-state index is 12.8. The maximum absolute atomic E-state index is 12.8. The third kappa shape index (κ3) is 3.85. The van der Waals surface area contributed by atoms with Gasteiger partial charge in [-0.2, -0.15) is 0 Å². The molecule has 3 rings (SSSR count). The Hall–Kier alpha value is -3.29. The molecule has 0 spiro atoms. The molecule has 8 heteroatoms. The average Bonchev–Trinajstić information content (AvgIpc) is 2.62. The Labute approximate surface area is 148 Å². The van der Waals surface area contributed by atoms with Gasteiger partial charge < -0.3 is 15.0 Å². The standard InChI is InChI=1S/C18H16FN3O4/c1-11(23)12-2-4-15-14(8-12)22(18(25)10-26-15)7-6-17(24)21-16-5-3-13(19)9-20-16/h2-5,8-9H,6-7,10H2,1H3,(H,20,21,24). The minimum absolute atomic E-state index is 0.00847. The molecule has 134 valence electrons. The predicted molar refractivity (Wildman–Crippen MR) is 91.7 cm³/mol. The van der Waals surface area contributed by atoms with Gasteiger partial charge in [-0.05, 0) is 37.3 Å². The molecule has 2 aromatic rings. The van der Waals surface area contributed by atoms with Gasteiger partial charge in [-0.1, -0.05) is 0 Å². The number of amides is 2. The van der Waals surface area contributed by atoms with Crippen LogP contribution in [0.1, 0.15) is 23.7 Å². The Bertz CT molecular complexity index is 867. The topological polar surface area (TPSA) is 88.6 Å². The van der Waals surface area contributed by atoms with E-state index in [1.165, 1.54) is 24.0 Å². The summed E-state index contributed by atoms with van der Waals surface area (Å²) in [7, 11) is 0. The van der Waals surface area contributed by atoms with Crippen molar-refractivity contribution >= 4 is 29.1 Å². The van der Waals surface area contributed by atoms with Crippen LogP contribution >= 0.6 is 0 Å². The van der Waals surface area contributed by atoms with Crippen molar-refractivity contribution in [1.82, 2.24) is 4.98 Å². The molecule has 0 atom stereocenters. The fourth-order valence-corrected chi connectivity index (χ4v) is 2.53. The molecular formula is C18H16FN3O4. The van der Waals surface area contributed by atoms with Crippen LogP contribution in [0.4, 0.5) is 15.9 Å². The van der Waals surface area contributed by atoms with Crippen LogP contribution in [-0.2, 0) is 9.59 Å². The second-order valence-corrected chi connectivity index (χ2v) is 5.73. The van der Waals surface area contributed by atoms with Gasteiger partial charge in [-0.3, -0.25) is 14.4 Å². The summed E-state index contributed by atoms with van der Waals surface area (Å²) < 4.78 is 18.2. The van der Waals surface area contributed by atoms with Crippen molar-refractivity contribution in [2.45, 2.75) is 13.3 Å². The molecule has 1 aliphatic rings. The number of benzene rings is 1. The summed E-state index contributed by atoms with van der Waals surface area (Å²) >= 11 is 0. The number of carbonyl (C=O) groups is 3. The summed E-state index contributed by atoms with van der Waals surface area (Å²) in [4.78, 5) is 41.0. The van der Waals surface area contributed by atoms with Crippen molar-refractivity contribution < 1.29 is 23.5 Å². The van der Waals surface area contributed by atoms with E-state index < -0.39 is 5.82 Å². The Balaban J connectivity index is 1.70. The summed E-state index contributed by atoms with van der Waals surface area (Å²) in [6.07, 6.45) is 1.01. The number of hydrogen-bond acceptors (Lipinski definition) is 5. The number of halogens is 1. The summed E-state index contributed by atoms with van der Waals surface area (Å²) in [6.45, 7) is 1.41. The lowest BCUT2D eigenvalue weighted by Gasteiger charge is -2.29. The zero-order valence-corrected chi connectivity index (χ0v) is 14.0. The number of ketones is 1. The summed E-state index contributed by atoms with van der Waals surface area (Å²) in [5, 5.41) is 2.54. The van der Waals surface area contributed by atoms with E-state index >= 15 is 0 Å². The maximum Gasteiger partial charge on any atom is 0.265 e. The number of fused-ring (bicyclic) bond motifs is 1. The van der Waals surface area contributed by atoms with Crippen LogP contribution in [0.3, 0.4) is 0 Å². The Morgan fingerprint density at radius 3 is 2.81 bits per heavy atom. The number of Topliss-reactive ketones (excluding diaryl/α,β-unsaturated/α-hetero) is 1. The van der Waals surface area contributed by atoms with E-state index in [1.807, 2.05) is 0 Å². The van der Waals surface area contributed by atoms with E-state index in [-0.39, 0.29) is 43.0 Å². The first-order valence-electron chi connectivity index (χ1n) is 7.93. The van der Waals surface area contributed by atoms with Crippen LogP contribution < -0.4 is 15.0 Å². The molecule has 1 aromatic heterocycles. The van der Waals surface area contributed by atoms with Gasteiger partial charge in [0, 0.05) is 18.5 Å². The largest absolute Gasteiger partial charge is 0.482 e. The highest BCUT2D eigenvalue weighted by molar-refractivity contribution is 6.02. The number of ether oxygens (including phenoxy) is 1. The SMILES string of the molecule is CC(=O)c1ccc2c(c1)N(CCC(=O)Nc1ccc(F)cn1)C(=O)CO2. The lowest BCUT2D eigenvalue weighted by atomic mass is 10.1. The van der Waals surface area contributed by atoms with Crippen molar-refractivity contribution in [3.05, 3.63) is 47.9 Å². The second kappa shape index (κ2) is 7.30. The fourth-order valence-electron chi connectivity index (χ4n) is 2.53. The van der Waals surface area contributed by atoms with E-state index in [4.69, 9.17) is 4.74 Å². The molecule has 0 saturated heterocycles. The van der Waals surface area contributed by atoms with E-state index in [9.17, 15) is 18.8 Å². The van der Waals surface area contributed by atoms with Crippen molar-refractivity contribution in [2.24, 2.45) is 0 Å². The van der Waals surface area contributed by atoms with Gasteiger partial charge in [0.1, 0.15) is 17.4 Å². The normalized spacial score (nSPS) is 13.0. The van der Waals surface area contributed by atoms with Crippen molar-refractivity contribution in [3.8, 4) is 5.75 Å². The van der Waals surface area contributed by atoms with Crippen LogP contribution in [0.25, 0.3) is 0 Å². The van der Waals surface area contributed by atoms with Gasteiger partial charge in [-0.25, -0.2) is 9.37 Å². The van der Waals surface area contributed by atoms with Crippen molar-refractivity contribution in [2.75, 3.05) is 23.4 Å². The Morgan fingerprint density at radius 2 is 2.12 bits per heavy atom. The third-order valence-electron chi connectivity index (χ3n) is 3.87. The van der Waals surface area contributed by atoms with E-state index in [0.29, 0.717) is 17.0 Å². The highest BCUT2D eigenvalue weighted by atomic mass is 19.1. The van der Waals surface area contributed by atoms with Crippen LogP contribution in [0.2, 0.25) is 0 Å². The van der Waals surface area contributed by atoms with Crippen molar-refractivity contribution in [3.63, 3.8) is 0 Å². The number of aromatic nitrogens is 1. The number of carbonyl (C=O) groups excluding carboxylic acids is 3. The Morgan fingerprint density at radius 1 is 1.31 bits per heavy atom. The molecule has 1 N–H and O–H groups in total. The molecule has 1 aliphatic heterocycles. The first kappa shape index (κ1) is 17.5. The van der Waals surface area contributed by atoms with Crippen LogP contribution in [-0.4, -0.2) is 35.7 Å². The summed E-state index contributed by atoms with van der Waals surface area (Å²) in [5.74, 6) is -0.594. The number of pyridine rings is 1. The lowest BCUT2D eigenvalue weighted by molar-refractivity contribution is -0.121. The van der Waals surface area contributed by atoms with Crippen molar-refractivity contribution in [1.29, 1.82) is 0 Å². The van der Waals surface area contributed by atoms with Crippen LogP contribution in [0, 0.1) is 5.82 Å². The molecule has 0 unspecified atom stereocenters. The smallest absolute Gasteiger partial charge is 0.265 e. The number of nitrogens with zero attached hydrogens (tertiary/aromatic N) is 2. The van der Waals surface area contributed by atoms with E-state index in [2.05, 4.69) is 10.3 Å². The minimum Gasteiger partial charge on any atom is -0.482 e. The molecule has 0 aliphatic carbocycles. The summed E-state index contributed by atoms with van der Waals surface area (Å²) in [6, 6.07) is 7.37. The predicted octanol–water partition coefficient (Wildman–Crippen LogP) is 2.18. The molecule has 7 nitrogen and oxygen atoms in total. The molecule has 1 aromatic carbocycles. The molecule has 2 amide bonds. The molecule has 26 heavy (non-hydrogen) atoms. The number of anilines is 2. The third-order valence-corrected chi connectivity index (χ3v) is 3.87. The van der Waals surface area contributed by atoms with Gasteiger partial charge in [0.15, 0.2) is 12.4 Å². The van der Waals surface area contributed by atoms with Gasteiger partial charge >= 0.3 is 0 Å². The van der Waals surface area contributed by atoms with Crippen LogP contribution in [0.15, 0.2) is 36.5 Å². The molecular weight excluding hydrogens is 341 g/mol. The number of hydrogen-bond donors (Lipinski definition) is 1. The number of nitrogens with one attached hydrogen (secondary N) is 1. The zero-order valence-electron chi connectivity index (χ0n) is 14.0. The molecule has 0 radical (unpaired) electrons. The average molecular weight is 357 g/mol. The van der Waals surface area contributed by atoms with E-state index in [1.54, 1.807) is 18.2 Å². The molecule has 0 saturated carbocycles. The van der Waals surface area contributed by atoms with Gasteiger partial charge in [0.05, 0.1) is 11.9 Å². The molecule has 0 fully saturated rings. The first-order chi connectivity index (χ1) is 12.4. The minimum atomic E-state index is -0.500. The quantitative estimate of drug-likeness (QED) is 0.829. The van der Waals surface area contributed by atoms with Gasteiger partial charge in [-0.15, -0.1) is 0 Å². The Kier molecular flexibility index (Phi) is 4.92. The first-order valence-corrected chi connectivity index (χ1v) is 7.93. The van der Waals surface area contributed by atoms with E-state index in [0.717, 1.165) is 6.20 Å². The molecule has 0 bridgehead atoms. The summed E-state index contributed by atoms with van der Waals surface area (Å²) in [5.41, 5.74) is 0.911. The van der Waals surface area contributed by atoms with Gasteiger partial charge in [0.25, 0.3) is 5.91 Å². The molecule has 2 heterocycles.